The van der Waals surface area contributed by atoms with Crippen molar-refractivity contribution in [2.45, 2.75) is 37.9 Å². The predicted molar refractivity (Wildman–Crippen MR) is 121 cm³/mol. The van der Waals surface area contributed by atoms with Gasteiger partial charge in [-0.15, -0.1) is 6.42 Å². The summed E-state index contributed by atoms with van der Waals surface area (Å²) in [5.74, 6) is 2.14. The van der Waals surface area contributed by atoms with Crippen LogP contribution < -0.4 is 5.73 Å². The van der Waals surface area contributed by atoms with E-state index in [1.807, 2.05) is 30.3 Å². The fourth-order valence-corrected chi connectivity index (χ4v) is 3.91. The van der Waals surface area contributed by atoms with Gasteiger partial charge in [0, 0.05) is 19.5 Å². The Kier molecular flexibility index (Phi) is 6.58. The van der Waals surface area contributed by atoms with E-state index >= 15 is 0 Å². The fourth-order valence-electron chi connectivity index (χ4n) is 3.74. The molecule has 0 saturated carbocycles. The highest BCUT2D eigenvalue weighted by atomic mass is 35.5. The Balaban J connectivity index is 1.52. The number of terminal acetylenes is 1. The molecular formula is C23H21ClN4O6. The molecule has 11 heteroatoms. The highest BCUT2D eigenvalue weighted by Gasteiger charge is 2.52. The number of aromatic nitrogens is 3. The van der Waals surface area contributed by atoms with Crippen molar-refractivity contribution in [2.75, 3.05) is 12.3 Å². The quantitative estimate of drug-likeness (QED) is 0.318. The van der Waals surface area contributed by atoms with Crippen LogP contribution in [-0.4, -0.2) is 45.0 Å². The lowest BCUT2D eigenvalue weighted by Gasteiger charge is -2.28. The average Bonchev–Trinajstić information content (AvgIpc) is 3.38. The average molecular weight is 485 g/mol. The summed E-state index contributed by atoms with van der Waals surface area (Å²) in [6.45, 7) is 0.877. The predicted octanol–water partition coefficient (Wildman–Crippen LogP) is 3.24. The standard InChI is InChI=1S/C23H21ClN4O6/c1-3-23(13-32-22(30)31-12-15-7-5-4-6-8-15)17(33-14(2)29)11-18(34-23)28-10-9-16-19(25)26-21(24)27-20(16)28/h1,4-10,17-18H,11-13H2,2H3,(H2,25,26,27)/t17-,18+,23+/m0/s1. The van der Waals surface area contributed by atoms with Gasteiger partial charge in [-0.05, 0) is 23.2 Å². The number of fused-ring (bicyclic) bond motifs is 1. The second-order valence-electron chi connectivity index (χ2n) is 7.59. The van der Waals surface area contributed by atoms with Crippen LogP contribution in [0.2, 0.25) is 5.28 Å². The molecule has 3 aromatic rings. The lowest BCUT2D eigenvalue weighted by molar-refractivity contribution is -0.156. The van der Waals surface area contributed by atoms with Gasteiger partial charge in [0.15, 0.2) is 0 Å². The van der Waals surface area contributed by atoms with Crippen LogP contribution in [0, 0.1) is 12.3 Å². The van der Waals surface area contributed by atoms with Gasteiger partial charge in [0.1, 0.15) is 37.0 Å². The third-order valence-corrected chi connectivity index (χ3v) is 5.49. The largest absolute Gasteiger partial charge is 0.508 e. The summed E-state index contributed by atoms with van der Waals surface area (Å²) in [5, 5.41) is 0.531. The Morgan fingerprint density at radius 3 is 2.76 bits per heavy atom. The maximum atomic E-state index is 12.2. The summed E-state index contributed by atoms with van der Waals surface area (Å²) in [5.41, 5.74) is 5.58. The van der Waals surface area contributed by atoms with Crippen LogP contribution in [0.25, 0.3) is 11.0 Å². The first-order valence-electron chi connectivity index (χ1n) is 10.3. The van der Waals surface area contributed by atoms with Crippen molar-refractivity contribution in [1.29, 1.82) is 0 Å². The monoisotopic (exact) mass is 484 g/mol. The van der Waals surface area contributed by atoms with E-state index in [2.05, 4.69) is 15.9 Å². The van der Waals surface area contributed by atoms with Gasteiger partial charge in [0.25, 0.3) is 0 Å². The molecule has 10 nitrogen and oxygen atoms in total. The van der Waals surface area contributed by atoms with Crippen LogP contribution in [0.5, 0.6) is 0 Å². The number of rotatable bonds is 6. The zero-order valence-corrected chi connectivity index (χ0v) is 18.9. The molecule has 1 saturated heterocycles. The van der Waals surface area contributed by atoms with E-state index in [0.717, 1.165) is 5.56 Å². The minimum atomic E-state index is -1.55. The SMILES string of the molecule is C#C[C@]1(COC(=O)OCc2ccccc2)O[C@@H](n2ccc3c(N)nc(Cl)nc32)C[C@@H]1OC(C)=O. The van der Waals surface area contributed by atoms with Crippen molar-refractivity contribution in [1.82, 2.24) is 14.5 Å². The number of esters is 1. The fraction of sp³-hybridized carbons (Fsp3) is 0.304. The minimum absolute atomic E-state index is 0.0246. The molecule has 0 amide bonds. The van der Waals surface area contributed by atoms with Crippen molar-refractivity contribution in [3.63, 3.8) is 0 Å². The lowest BCUT2D eigenvalue weighted by Crippen LogP contribution is -2.45. The second kappa shape index (κ2) is 9.59. The van der Waals surface area contributed by atoms with Crippen molar-refractivity contribution < 1.29 is 28.5 Å². The summed E-state index contributed by atoms with van der Waals surface area (Å²) >= 11 is 5.97. The van der Waals surface area contributed by atoms with E-state index in [0.29, 0.717) is 11.0 Å². The van der Waals surface area contributed by atoms with Crippen LogP contribution in [0.1, 0.15) is 25.1 Å². The number of halogens is 1. The molecule has 3 atom stereocenters. The Bertz CT molecular complexity index is 1260. The van der Waals surface area contributed by atoms with E-state index in [9.17, 15) is 9.59 Å². The van der Waals surface area contributed by atoms with Crippen molar-refractivity contribution >= 4 is 40.6 Å². The number of nitrogen functional groups attached to an aromatic ring is 1. The molecule has 0 bridgehead atoms. The van der Waals surface area contributed by atoms with Gasteiger partial charge in [-0.25, -0.2) is 9.78 Å². The van der Waals surface area contributed by atoms with Crippen molar-refractivity contribution in [3.8, 4) is 12.3 Å². The molecule has 0 aliphatic carbocycles. The molecule has 0 spiro atoms. The highest BCUT2D eigenvalue weighted by molar-refractivity contribution is 6.28. The number of anilines is 1. The molecule has 2 N–H and O–H groups in total. The van der Waals surface area contributed by atoms with Gasteiger partial charge < -0.3 is 29.2 Å². The van der Waals surface area contributed by atoms with Gasteiger partial charge in [-0.2, -0.15) is 4.98 Å². The number of ether oxygens (including phenoxy) is 4. The molecule has 1 fully saturated rings. The molecule has 0 unspecified atom stereocenters. The van der Waals surface area contributed by atoms with Crippen molar-refractivity contribution in [3.05, 3.63) is 53.4 Å². The number of benzene rings is 1. The van der Waals surface area contributed by atoms with Crippen LogP contribution in [0.4, 0.5) is 10.6 Å². The van der Waals surface area contributed by atoms with E-state index < -0.39 is 36.7 Å². The molecular weight excluding hydrogens is 464 g/mol. The Morgan fingerprint density at radius 2 is 2.06 bits per heavy atom. The summed E-state index contributed by atoms with van der Waals surface area (Å²) in [4.78, 5) is 32.1. The summed E-state index contributed by atoms with van der Waals surface area (Å²) in [6.07, 6.45) is 5.07. The smallest absolute Gasteiger partial charge is 0.458 e. The summed E-state index contributed by atoms with van der Waals surface area (Å²) < 4.78 is 23.6. The normalized spacial score (nSPS) is 21.7. The Morgan fingerprint density at radius 1 is 1.29 bits per heavy atom. The third kappa shape index (κ3) is 4.76. The van der Waals surface area contributed by atoms with Crippen LogP contribution in [0.3, 0.4) is 0 Å². The maximum absolute atomic E-state index is 12.2. The van der Waals surface area contributed by atoms with Gasteiger partial charge >= 0.3 is 12.1 Å². The number of nitrogens with two attached hydrogens (primary N) is 1. The maximum Gasteiger partial charge on any atom is 0.508 e. The zero-order valence-electron chi connectivity index (χ0n) is 18.1. The van der Waals surface area contributed by atoms with E-state index in [1.165, 1.54) is 6.92 Å². The number of hydrogen-bond donors (Lipinski definition) is 1. The topological polar surface area (TPSA) is 128 Å². The van der Waals surface area contributed by atoms with E-state index in [1.54, 1.807) is 16.8 Å². The van der Waals surface area contributed by atoms with E-state index in [-0.39, 0.29) is 24.1 Å². The molecule has 34 heavy (non-hydrogen) atoms. The second-order valence-corrected chi connectivity index (χ2v) is 7.93. The lowest BCUT2D eigenvalue weighted by atomic mass is 9.98. The first kappa shape index (κ1) is 23.4. The first-order chi connectivity index (χ1) is 16.3. The molecule has 3 heterocycles. The number of carbonyl (C=O) groups is 2. The first-order valence-corrected chi connectivity index (χ1v) is 10.6. The molecule has 4 rings (SSSR count). The summed E-state index contributed by atoms with van der Waals surface area (Å²) in [7, 11) is 0. The van der Waals surface area contributed by atoms with Crippen LogP contribution in [-0.2, 0) is 30.3 Å². The number of nitrogens with zero attached hydrogens (tertiary/aromatic N) is 3. The molecule has 1 aromatic carbocycles. The molecule has 1 aliphatic heterocycles. The Labute approximate surface area is 199 Å². The third-order valence-electron chi connectivity index (χ3n) is 5.32. The number of carbonyl (C=O) groups excluding carboxylic acids is 2. The zero-order chi connectivity index (χ0) is 24.3. The Hall–Kier alpha value is -3.81. The van der Waals surface area contributed by atoms with Crippen LogP contribution in [0.15, 0.2) is 42.6 Å². The van der Waals surface area contributed by atoms with E-state index in [4.69, 9.17) is 42.7 Å². The van der Waals surface area contributed by atoms with Gasteiger partial charge in [-0.3, -0.25) is 4.79 Å². The minimum Gasteiger partial charge on any atom is -0.458 e. The van der Waals surface area contributed by atoms with Gasteiger partial charge in [0.05, 0.1) is 5.39 Å². The van der Waals surface area contributed by atoms with Gasteiger partial charge in [-0.1, -0.05) is 36.3 Å². The molecule has 2 aromatic heterocycles. The highest BCUT2D eigenvalue weighted by Crippen LogP contribution is 2.40. The summed E-state index contributed by atoms with van der Waals surface area (Å²) in [6, 6.07) is 10.8. The van der Waals surface area contributed by atoms with Crippen LogP contribution >= 0.6 is 11.6 Å². The number of hydrogen-bond acceptors (Lipinski definition) is 9. The van der Waals surface area contributed by atoms with Crippen molar-refractivity contribution in [2.24, 2.45) is 0 Å². The molecule has 1 aliphatic rings. The van der Waals surface area contributed by atoms with Gasteiger partial charge in [0.2, 0.25) is 10.9 Å². The molecule has 0 radical (unpaired) electrons. The molecule has 176 valence electrons.